The van der Waals surface area contributed by atoms with Crippen LogP contribution in [-0.2, 0) is 11.3 Å². The molecule has 0 aliphatic heterocycles. The number of nitrogens with one attached hydrogen (secondary N) is 1. The number of rotatable bonds is 7. The third kappa shape index (κ3) is 5.34. The molecule has 0 saturated carbocycles. The van der Waals surface area contributed by atoms with Crippen LogP contribution in [-0.4, -0.2) is 35.4 Å². The Labute approximate surface area is 135 Å². The van der Waals surface area contributed by atoms with E-state index in [-0.39, 0.29) is 11.6 Å². The molecule has 1 aromatic heterocycles. The van der Waals surface area contributed by atoms with Crippen molar-refractivity contribution in [1.29, 1.82) is 0 Å². The van der Waals surface area contributed by atoms with Gasteiger partial charge < -0.3 is 14.8 Å². The lowest BCUT2D eigenvalue weighted by Crippen LogP contribution is -2.47. The van der Waals surface area contributed by atoms with Crippen LogP contribution in [0.2, 0.25) is 0 Å². The van der Waals surface area contributed by atoms with E-state index in [1.807, 2.05) is 44.2 Å². The van der Waals surface area contributed by atoms with E-state index in [4.69, 9.17) is 9.47 Å². The molecule has 0 bridgehead atoms. The molecule has 0 unspecified atom stereocenters. The predicted octanol–water partition coefficient (Wildman–Crippen LogP) is 2.21. The van der Waals surface area contributed by atoms with Gasteiger partial charge in [0.2, 0.25) is 5.88 Å². The van der Waals surface area contributed by atoms with Crippen molar-refractivity contribution in [2.75, 3.05) is 13.7 Å². The van der Waals surface area contributed by atoms with Crippen LogP contribution >= 0.6 is 0 Å². The monoisotopic (exact) mass is 315 g/mol. The molecule has 1 amide bonds. The molecular weight excluding hydrogens is 294 g/mol. The Morgan fingerprint density at radius 1 is 1.13 bits per heavy atom. The zero-order valence-corrected chi connectivity index (χ0v) is 13.6. The number of hydrogen-bond acceptors (Lipinski definition) is 5. The second-order valence-electron chi connectivity index (χ2n) is 5.78. The summed E-state index contributed by atoms with van der Waals surface area (Å²) in [7, 11) is 1.50. The number of benzene rings is 1. The van der Waals surface area contributed by atoms with Crippen molar-refractivity contribution in [3.05, 3.63) is 53.7 Å². The van der Waals surface area contributed by atoms with Gasteiger partial charge in [-0.3, -0.25) is 4.79 Å². The second-order valence-corrected chi connectivity index (χ2v) is 5.78. The van der Waals surface area contributed by atoms with Gasteiger partial charge in [-0.1, -0.05) is 30.3 Å². The number of amides is 1. The molecule has 0 fully saturated rings. The highest BCUT2D eigenvalue weighted by molar-refractivity contribution is 5.92. The number of nitrogens with zero attached hydrogens (tertiary/aromatic N) is 2. The Hall–Kier alpha value is -2.47. The summed E-state index contributed by atoms with van der Waals surface area (Å²) in [5.41, 5.74) is 0.811. The molecule has 2 aromatic rings. The Morgan fingerprint density at radius 2 is 1.87 bits per heavy atom. The van der Waals surface area contributed by atoms with E-state index < -0.39 is 5.54 Å². The lowest BCUT2D eigenvalue weighted by molar-refractivity contribution is 0.0613. The standard InChI is InChI=1S/C17H21N3O3/c1-17(2,12-23-11-13-7-5-4-6-8-13)18-16(21)14-9-10-15(22-3)20-19-14/h4-10H,11-12H2,1-3H3,(H,18,21). The Bertz CT molecular complexity index is 627. The van der Waals surface area contributed by atoms with Crippen molar-refractivity contribution in [2.24, 2.45) is 0 Å². The zero-order chi connectivity index (χ0) is 16.7. The Balaban J connectivity index is 1.85. The highest BCUT2D eigenvalue weighted by Crippen LogP contribution is 2.09. The van der Waals surface area contributed by atoms with Crippen LogP contribution in [0.3, 0.4) is 0 Å². The Morgan fingerprint density at radius 3 is 2.48 bits per heavy atom. The second kappa shape index (κ2) is 7.69. The van der Waals surface area contributed by atoms with Crippen LogP contribution in [0, 0.1) is 0 Å². The number of methoxy groups -OCH3 is 1. The van der Waals surface area contributed by atoms with E-state index in [9.17, 15) is 4.79 Å². The maximum Gasteiger partial charge on any atom is 0.272 e. The van der Waals surface area contributed by atoms with Gasteiger partial charge in [0.15, 0.2) is 5.69 Å². The van der Waals surface area contributed by atoms with Crippen LogP contribution in [0.5, 0.6) is 5.88 Å². The first-order valence-electron chi connectivity index (χ1n) is 7.32. The molecular formula is C17H21N3O3. The van der Waals surface area contributed by atoms with Gasteiger partial charge in [-0.15, -0.1) is 10.2 Å². The summed E-state index contributed by atoms with van der Waals surface area (Å²) in [5.74, 6) is 0.0699. The van der Waals surface area contributed by atoms with Gasteiger partial charge in [-0.2, -0.15) is 0 Å². The van der Waals surface area contributed by atoms with E-state index in [2.05, 4.69) is 15.5 Å². The normalized spacial score (nSPS) is 11.1. The fourth-order valence-electron chi connectivity index (χ4n) is 1.96. The van der Waals surface area contributed by atoms with Crippen molar-refractivity contribution in [2.45, 2.75) is 26.0 Å². The first-order chi connectivity index (χ1) is 11.0. The van der Waals surface area contributed by atoms with E-state index >= 15 is 0 Å². The lowest BCUT2D eigenvalue weighted by Gasteiger charge is -2.25. The number of carbonyl (C=O) groups excluding carboxylic acids is 1. The van der Waals surface area contributed by atoms with Gasteiger partial charge in [0.25, 0.3) is 5.91 Å². The predicted molar refractivity (Wildman–Crippen MR) is 86.2 cm³/mol. The molecule has 1 aromatic carbocycles. The number of ether oxygens (including phenoxy) is 2. The average Bonchev–Trinajstić information content (AvgIpc) is 2.55. The largest absolute Gasteiger partial charge is 0.480 e. The highest BCUT2D eigenvalue weighted by atomic mass is 16.5. The molecule has 0 saturated heterocycles. The molecule has 23 heavy (non-hydrogen) atoms. The number of aromatic nitrogens is 2. The fraction of sp³-hybridized carbons (Fsp3) is 0.353. The van der Waals surface area contributed by atoms with Gasteiger partial charge in [0.1, 0.15) is 0 Å². The molecule has 2 rings (SSSR count). The number of carbonyl (C=O) groups is 1. The third-order valence-electron chi connectivity index (χ3n) is 3.11. The van der Waals surface area contributed by atoms with E-state index in [1.165, 1.54) is 7.11 Å². The van der Waals surface area contributed by atoms with E-state index in [0.29, 0.717) is 19.1 Å². The molecule has 6 heteroatoms. The molecule has 122 valence electrons. The van der Waals surface area contributed by atoms with Gasteiger partial charge >= 0.3 is 0 Å². The summed E-state index contributed by atoms with van der Waals surface area (Å²) < 4.78 is 10.6. The van der Waals surface area contributed by atoms with Crippen LogP contribution in [0.4, 0.5) is 0 Å². The van der Waals surface area contributed by atoms with Crippen molar-refractivity contribution < 1.29 is 14.3 Å². The van der Waals surface area contributed by atoms with E-state index in [1.54, 1.807) is 12.1 Å². The summed E-state index contributed by atoms with van der Waals surface area (Å²) >= 11 is 0. The maximum atomic E-state index is 12.2. The van der Waals surface area contributed by atoms with Crippen molar-refractivity contribution in [3.63, 3.8) is 0 Å². The van der Waals surface area contributed by atoms with Gasteiger partial charge in [-0.05, 0) is 25.5 Å². The summed E-state index contributed by atoms with van der Waals surface area (Å²) in [6, 6.07) is 13.1. The summed E-state index contributed by atoms with van der Waals surface area (Å²) in [4.78, 5) is 12.2. The van der Waals surface area contributed by atoms with Crippen molar-refractivity contribution in [1.82, 2.24) is 15.5 Å². The number of hydrogen-bond donors (Lipinski definition) is 1. The van der Waals surface area contributed by atoms with Crippen LogP contribution in [0.15, 0.2) is 42.5 Å². The summed E-state index contributed by atoms with van der Waals surface area (Å²) in [6.45, 7) is 4.68. The SMILES string of the molecule is COc1ccc(C(=O)NC(C)(C)COCc2ccccc2)nn1. The molecule has 0 aliphatic carbocycles. The molecule has 1 N–H and O–H groups in total. The minimum absolute atomic E-state index is 0.238. The van der Waals surface area contributed by atoms with E-state index in [0.717, 1.165) is 5.56 Å². The topological polar surface area (TPSA) is 73.3 Å². The molecule has 0 radical (unpaired) electrons. The van der Waals surface area contributed by atoms with Crippen LogP contribution in [0.1, 0.15) is 29.9 Å². The quantitative estimate of drug-likeness (QED) is 0.848. The van der Waals surface area contributed by atoms with Crippen LogP contribution < -0.4 is 10.1 Å². The Kier molecular flexibility index (Phi) is 5.65. The molecule has 0 aliphatic rings. The smallest absolute Gasteiger partial charge is 0.272 e. The minimum Gasteiger partial charge on any atom is -0.480 e. The molecule has 1 heterocycles. The van der Waals surface area contributed by atoms with Crippen molar-refractivity contribution >= 4 is 5.91 Å². The minimum atomic E-state index is -0.520. The van der Waals surface area contributed by atoms with Gasteiger partial charge in [0.05, 0.1) is 25.9 Å². The summed E-state index contributed by atoms with van der Waals surface area (Å²) in [6.07, 6.45) is 0. The first kappa shape index (κ1) is 16.9. The highest BCUT2D eigenvalue weighted by Gasteiger charge is 2.22. The fourth-order valence-corrected chi connectivity index (χ4v) is 1.96. The summed E-state index contributed by atoms with van der Waals surface area (Å²) in [5, 5.41) is 10.5. The molecule has 0 atom stereocenters. The molecule has 6 nitrogen and oxygen atoms in total. The lowest BCUT2D eigenvalue weighted by atomic mass is 10.1. The zero-order valence-electron chi connectivity index (χ0n) is 13.6. The maximum absolute atomic E-state index is 12.2. The average molecular weight is 315 g/mol. The molecule has 0 spiro atoms. The van der Waals surface area contributed by atoms with Gasteiger partial charge in [-0.25, -0.2) is 0 Å². The first-order valence-corrected chi connectivity index (χ1v) is 7.32. The van der Waals surface area contributed by atoms with Gasteiger partial charge in [0, 0.05) is 6.07 Å². The van der Waals surface area contributed by atoms with Crippen molar-refractivity contribution in [3.8, 4) is 5.88 Å². The van der Waals surface area contributed by atoms with Crippen LogP contribution in [0.25, 0.3) is 0 Å². The third-order valence-corrected chi connectivity index (χ3v) is 3.11.